The van der Waals surface area contributed by atoms with Crippen molar-refractivity contribution in [2.24, 2.45) is 0 Å². The van der Waals surface area contributed by atoms with Crippen LogP contribution in [0.15, 0.2) is 42.7 Å². The molecule has 0 fully saturated rings. The van der Waals surface area contributed by atoms with E-state index in [0.29, 0.717) is 16.9 Å². The average Bonchev–Trinajstić information content (AvgIpc) is 2.64. The van der Waals surface area contributed by atoms with Gasteiger partial charge in [0.2, 0.25) is 0 Å². The lowest BCUT2D eigenvalue weighted by molar-refractivity contribution is -0.130. The lowest BCUT2D eigenvalue weighted by Crippen LogP contribution is -2.06. The zero-order chi connectivity index (χ0) is 19.8. The summed E-state index contributed by atoms with van der Waals surface area (Å²) in [6, 6.07) is 10.0. The molecule has 2 rings (SSSR count). The Morgan fingerprint density at radius 1 is 1.22 bits per heavy atom. The highest BCUT2D eigenvalue weighted by molar-refractivity contribution is 6.37. The molecule has 2 aromatic carbocycles. The average molecular weight is 407 g/mol. The molecule has 0 saturated carbocycles. The SMILES string of the molecule is C#CCOc1c(Cl)cc(OCc2ccccc2C(=COC)C(=O)O)cc1Cl. The Labute approximate surface area is 167 Å². The van der Waals surface area contributed by atoms with E-state index < -0.39 is 5.97 Å². The number of carboxylic acids is 1. The summed E-state index contributed by atoms with van der Waals surface area (Å²) < 4.78 is 15.9. The molecule has 0 amide bonds. The van der Waals surface area contributed by atoms with Gasteiger partial charge in [-0.15, -0.1) is 6.42 Å². The van der Waals surface area contributed by atoms with Crippen LogP contribution >= 0.6 is 23.2 Å². The summed E-state index contributed by atoms with van der Waals surface area (Å²) in [5, 5.41) is 9.90. The molecule has 1 N–H and O–H groups in total. The Hall–Kier alpha value is -2.81. The van der Waals surface area contributed by atoms with Gasteiger partial charge in [0.1, 0.15) is 24.5 Å². The number of methoxy groups -OCH3 is 1. The molecule has 7 heteroatoms. The minimum Gasteiger partial charge on any atom is -0.503 e. The molecule has 0 radical (unpaired) electrons. The number of benzene rings is 2. The first-order valence-electron chi connectivity index (χ1n) is 7.70. The smallest absolute Gasteiger partial charge is 0.339 e. The summed E-state index contributed by atoms with van der Waals surface area (Å²) in [4.78, 5) is 11.5. The molecule has 0 atom stereocenters. The topological polar surface area (TPSA) is 65.0 Å². The molecule has 0 bridgehead atoms. The van der Waals surface area contributed by atoms with Crippen LogP contribution in [-0.4, -0.2) is 24.8 Å². The molecule has 0 aliphatic heterocycles. The van der Waals surface area contributed by atoms with Crippen LogP contribution in [0.3, 0.4) is 0 Å². The number of ether oxygens (including phenoxy) is 3. The second-order valence-corrected chi connectivity index (χ2v) is 6.04. The lowest BCUT2D eigenvalue weighted by Gasteiger charge is -2.13. The van der Waals surface area contributed by atoms with Crippen LogP contribution in [0.25, 0.3) is 5.57 Å². The fraction of sp³-hybridized carbons (Fsp3) is 0.150. The van der Waals surface area contributed by atoms with Crippen LogP contribution in [0.1, 0.15) is 11.1 Å². The van der Waals surface area contributed by atoms with Crippen molar-refractivity contribution in [1.82, 2.24) is 0 Å². The first kappa shape index (κ1) is 20.5. The molecule has 0 aliphatic rings. The molecule has 0 unspecified atom stereocenters. The molecular formula is C20H16Cl2O5. The fourth-order valence-electron chi connectivity index (χ4n) is 2.29. The van der Waals surface area contributed by atoms with Gasteiger partial charge in [-0.2, -0.15) is 0 Å². The van der Waals surface area contributed by atoms with Gasteiger partial charge in [0.15, 0.2) is 5.75 Å². The number of hydrogen-bond acceptors (Lipinski definition) is 4. The zero-order valence-corrected chi connectivity index (χ0v) is 15.9. The van der Waals surface area contributed by atoms with Gasteiger partial charge >= 0.3 is 5.97 Å². The number of aliphatic carboxylic acids is 1. The van der Waals surface area contributed by atoms with Gasteiger partial charge in [0, 0.05) is 12.1 Å². The third-order valence-electron chi connectivity index (χ3n) is 3.44. The largest absolute Gasteiger partial charge is 0.503 e. The molecule has 0 aromatic heterocycles. The standard InChI is InChI=1S/C20H16Cl2O5/c1-3-8-26-19-17(21)9-14(10-18(19)22)27-11-13-6-4-5-7-15(13)16(12-25-2)20(23)24/h1,4-7,9-10,12H,8,11H2,2H3,(H,23,24). The van der Waals surface area contributed by atoms with Crippen molar-refractivity contribution in [3.8, 4) is 23.8 Å². The number of halogens is 2. The Kier molecular flexibility index (Phi) is 7.42. The van der Waals surface area contributed by atoms with Crippen molar-refractivity contribution in [3.05, 3.63) is 63.8 Å². The summed E-state index contributed by atoms with van der Waals surface area (Å²) in [6.45, 7) is 0.137. The molecule has 0 aliphatic carbocycles. The number of rotatable bonds is 8. The molecule has 5 nitrogen and oxygen atoms in total. The van der Waals surface area contributed by atoms with E-state index >= 15 is 0 Å². The van der Waals surface area contributed by atoms with Crippen molar-refractivity contribution in [2.45, 2.75) is 6.61 Å². The quantitative estimate of drug-likeness (QED) is 0.392. The summed E-state index contributed by atoms with van der Waals surface area (Å²) in [7, 11) is 1.38. The van der Waals surface area contributed by atoms with Gasteiger partial charge in [-0.25, -0.2) is 4.79 Å². The Morgan fingerprint density at radius 2 is 1.89 bits per heavy atom. The van der Waals surface area contributed by atoms with Gasteiger partial charge in [-0.05, 0) is 11.1 Å². The lowest BCUT2D eigenvalue weighted by atomic mass is 10.0. The fourth-order valence-corrected chi connectivity index (χ4v) is 2.86. The maximum Gasteiger partial charge on any atom is 0.339 e. The Bertz CT molecular complexity index is 876. The van der Waals surface area contributed by atoms with Crippen molar-refractivity contribution in [3.63, 3.8) is 0 Å². The molecule has 0 spiro atoms. The van der Waals surface area contributed by atoms with Gasteiger partial charge < -0.3 is 19.3 Å². The van der Waals surface area contributed by atoms with Crippen LogP contribution in [0.4, 0.5) is 0 Å². The van der Waals surface area contributed by atoms with E-state index in [2.05, 4.69) is 5.92 Å². The van der Waals surface area contributed by atoms with E-state index in [1.807, 2.05) is 0 Å². The number of carbonyl (C=O) groups is 1. The number of hydrogen-bond donors (Lipinski definition) is 1. The van der Waals surface area contributed by atoms with Crippen LogP contribution in [0, 0.1) is 12.3 Å². The van der Waals surface area contributed by atoms with Gasteiger partial charge in [0.25, 0.3) is 0 Å². The van der Waals surface area contributed by atoms with E-state index in [9.17, 15) is 9.90 Å². The van der Waals surface area contributed by atoms with Crippen LogP contribution in [0.2, 0.25) is 10.0 Å². The molecule has 0 heterocycles. The maximum atomic E-state index is 11.5. The normalized spacial score (nSPS) is 10.8. The second kappa shape index (κ2) is 9.77. The molecular weight excluding hydrogens is 391 g/mol. The van der Waals surface area contributed by atoms with E-state index in [1.165, 1.54) is 13.4 Å². The second-order valence-electron chi connectivity index (χ2n) is 5.23. The Balaban J connectivity index is 2.24. The van der Waals surface area contributed by atoms with Crippen molar-refractivity contribution < 1.29 is 24.1 Å². The minimum absolute atomic E-state index is 0.0193. The third kappa shape index (κ3) is 5.33. The highest BCUT2D eigenvalue weighted by Gasteiger charge is 2.16. The predicted octanol–water partition coefficient (Wildman–Crippen LogP) is 4.66. The minimum atomic E-state index is -1.11. The van der Waals surface area contributed by atoms with Crippen LogP contribution in [-0.2, 0) is 16.1 Å². The summed E-state index contributed by atoms with van der Waals surface area (Å²) in [5.41, 5.74) is 1.16. The molecule has 140 valence electrons. The zero-order valence-electron chi connectivity index (χ0n) is 14.4. The number of terminal acetylenes is 1. The predicted molar refractivity (Wildman–Crippen MR) is 104 cm³/mol. The Morgan fingerprint density at radius 3 is 2.48 bits per heavy atom. The summed E-state index contributed by atoms with van der Waals surface area (Å²) in [5.74, 6) is 1.91. The van der Waals surface area contributed by atoms with Crippen molar-refractivity contribution in [2.75, 3.05) is 13.7 Å². The molecule has 0 saturated heterocycles. The van der Waals surface area contributed by atoms with E-state index in [1.54, 1.807) is 36.4 Å². The van der Waals surface area contributed by atoms with E-state index in [0.717, 1.165) is 0 Å². The van der Waals surface area contributed by atoms with Gasteiger partial charge in [-0.3, -0.25) is 0 Å². The van der Waals surface area contributed by atoms with Gasteiger partial charge in [-0.1, -0.05) is 53.4 Å². The van der Waals surface area contributed by atoms with Gasteiger partial charge in [0.05, 0.1) is 23.4 Å². The number of carboxylic acid groups (broad SMARTS) is 1. The third-order valence-corrected chi connectivity index (χ3v) is 4.00. The molecule has 27 heavy (non-hydrogen) atoms. The van der Waals surface area contributed by atoms with Crippen LogP contribution in [0.5, 0.6) is 11.5 Å². The summed E-state index contributed by atoms with van der Waals surface area (Å²) in [6.07, 6.45) is 6.33. The summed E-state index contributed by atoms with van der Waals surface area (Å²) >= 11 is 12.3. The first-order valence-corrected chi connectivity index (χ1v) is 8.46. The monoisotopic (exact) mass is 406 g/mol. The van der Waals surface area contributed by atoms with E-state index in [-0.39, 0.29) is 34.6 Å². The van der Waals surface area contributed by atoms with Crippen molar-refractivity contribution >= 4 is 34.7 Å². The maximum absolute atomic E-state index is 11.5. The molecule has 2 aromatic rings. The highest BCUT2D eigenvalue weighted by Crippen LogP contribution is 2.37. The highest BCUT2D eigenvalue weighted by atomic mass is 35.5. The van der Waals surface area contributed by atoms with Crippen molar-refractivity contribution in [1.29, 1.82) is 0 Å². The first-order chi connectivity index (χ1) is 13.0. The van der Waals surface area contributed by atoms with E-state index in [4.69, 9.17) is 43.8 Å². The van der Waals surface area contributed by atoms with Crippen LogP contribution < -0.4 is 9.47 Å².